The minimum Gasteiger partial charge on any atom is -0.495 e. The van der Waals surface area contributed by atoms with Crippen molar-refractivity contribution in [3.63, 3.8) is 0 Å². The molecule has 8 heteroatoms. The van der Waals surface area contributed by atoms with Gasteiger partial charge in [-0.1, -0.05) is 12.1 Å². The molecule has 0 saturated carbocycles. The standard InChI is InChI=1S/C17H20N4O4/c1-25-14-8-4-3-7-13(14)21-16(23)12(15(22)19-17(21)24)11-18-20-9-5-2-6-10-20/h3-4,7-8,11,23H,2,5-6,9-10H2,1H3,(H,19,22,24)/b18-11+. The van der Waals surface area contributed by atoms with Gasteiger partial charge in [0.1, 0.15) is 11.3 Å². The van der Waals surface area contributed by atoms with Gasteiger partial charge in [-0.2, -0.15) is 5.10 Å². The van der Waals surface area contributed by atoms with E-state index in [4.69, 9.17) is 4.74 Å². The van der Waals surface area contributed by atoms with E-state index in [9.17, 15) is 14.7 Å². The van der Waals surface area contributed by atoms with Gasteiger partial charge in [0.15, 0.2) is 0 Å². The number of aromatic amines is 1. The first-order valence-electron chi connectivity index (χ1n) is 8.12. The molecule has 8 nitrogen and oxygen atoms in total. The fraction of sp³-hybridized carbons (Fsp3) is 0.353. The van der Waals surface area contributed by atoms with Crippen LogP contribution >= 0.6 is 0 Å². The zero-order chi connectivity index (χ0) is 17.8. The Morgan fingerprint density at radius 1 is 1.20 bits per heavy atom. The third kappa shape index (κ3) is 3.42. The summed E-state index contributed by atoms with van der Waals surface area (Å²) in [6, 6.07) is 6.73. The van der Waals surface area contributed by atoms with E-state index in [0.29, 0.717) is 11.4 Å². The lowest BCUT2D eigenvalue weighted by Crippen LogP contribution is -2.32. The highest BCUT2D eigenvalue weighted by Crippen LogP contribution is 2.24. The monoisotopic (exact) mass is 344 g/mol. The number of piperidine rings is 1. The molecule has 0 atom stereocenters. The number of H-pyrrole nitrogens is 1. The second kappa shape index (κ2) is 7.25. The van der Waals surface area contributed by atoms with Crippen LogP contribution in [0.1, 0.15) is 24.8 Å². The molecule has 25 heavy (non-hydrogen) atoms. The third-order valence-corrected chi connectivity index (χ3v) is 4.13. The van der Waals surface area contributed by atoms with Crippen LogP contribution in [-0.4, -0.2) is 46.1 Å². The molecule has 0 radical (unpaired) electrons. The van der Waals surface area contributed by atoms with Gasteiger partial charge in [-0.3, -0.25) is 14.8 Å². The molecule has 0 unspecified atom stereocenters. The van der Waals surface area contributed by atoms with Crippen molar-refractivity contribution in [2.75, 3.05) is 20.2 Å². The molecule has 0 spiro atoms. The molecule has 1 fully saturated rings. The Bertz CT molecular complexity index is 894. The van der Waals surface area contributed by atoms with Crippen LogP contribution in [0.3, 0.4) is 0 Å². The van der Waals surface area contributed by atoms with Crippen molar-refractivity contribution in [2.24, 2.45) is 5.10 Å². The maximum atomic E-state index is 12.2. The van der Waals surface area contributed by atoms with Gasteiger partial charge in [0.25, 0.3) is 5.56 Å². The average molecular weight is 344 g/mol. The molecule has 1 aliphatic heterocycles. The van der Waals surface area contributed by atoms with Gasteiger partial charge in [-0.25, -0.2) is 9.36 Å². The van der Waals surface area contributed by atoms with E-state index in [1.807, 2.05) is 5.01 Å². The lowest BCUT2D eigenvalue weighted by atomic mass is 10.2. The lowest BCUT2D eigenvalue weighted by Gasteiger charge is -2.23. The Labute approximate surface area is 144 Å². The Morgan fingerprint density at radius 2 is 1.92 bits per heavy atom. The van der Waals surface area contributed by atoms with Crippen LogP contribution in [0.25, 0.3) is 5.69 Å². The number of benzene rings is 1. The quantitative estimate of drug-likeness (QED) is 0.808. The highest BCUT2D eigenvalue weighted by Gasteiger charge is 2.17. The van der Waals surface area contributed by atoms with Crippen molar-refractivity contribution in [3.8, 4) is 17.3 Å². The van der Waals surface area contributed by atoms with Crippen molar-refractivity contribution in [3.05, 3.63) is 50.7 Å². The van der Waals surface area contributed by atoms with Gasteiger partial charge in [0.05, 0.1) is 19.0 Å². The number of methoxy groups -OCH3 is 1. The molecular formula is C17H20N4O4. The normalized spacial score (nSPS) is 14.8. The summed E-state index contributed by atoms with van der Waals surface area (Å²) in [4.78, 5) is 26.5. The fourth-order valence-electron chi connectivity index (χ4n) is 2.82. The smallest absolute Gasteiger partial charge is 0.335 e. The maximum Gasteiger partial charge on any atom is 0.335 e. The number of ether oxygens (including phenoxy) is 1. The number of nitrogens with zero attached hydrogens (tertiary/aromatic N) is 3. The number of hydrogen-bond acceptors (Lipinski definition) is 6. The van der Waals surface area contributed by atoms with Crippen LogP contribution < -0.4 is 16.0 Å². The van der Waals surface area contributed by atoms with E-state index in [2.05, 4.69) is 10.1 Å². The Hall–Kier alpha value is -3.03. The first kappa shape index (κ1) is 16.8. The fourth-order valence-corrected chi connectivity index (χ4v) is 2.82. The molecule has 2 heterocycles. The summed E-state index contributed by atoms with van der Waals surface area (Å²) in [5.74, 6) is -0.0788. The van der Waals surface area contributed by atoms with Gasteiger partial charge < -0.3 is 9.84 Å². The van der Waals surface area contributed by atoms with Gasteiger partial charge in [0.2, 0.25) is 5.88 Å². The van der Waals surface area contributed by atoms with Crippen LogP contribution in [0.15, 0.2) is 39.0 Å². The topological polar surface area (TPSA) is 99.9 Å². The van der Waals surface area contributed by atoms with Crippen LogP contribution in [0.2, 0.25) is 0 Å². The van der Waals surface area contributed by atoms with Gasteiger partial charge in [-0.05, 0) is 31.4 Å². The number of hydrogen-bond donors (Lipinski definition) is 2. The molecule has 2 aromatic rings. The molecule has 1 aromatic heterocycles. The second-order valence-electron chi connectivity index (χ2n) is 5.76. The number of para-hydroxylation sites is 2. The van der Waals surface area contributed by atoms with Gasteiger partial charge >= 0.3 is 5.69 Å². The number of aromatic nitrogens is 2. The summed E-state index contributed by atoms with van der Waals surface area (Å²) in [7, 11) is 1.46. The summed E-state index contributed by atoms with van der Waals surface area (Å²) in [5.41, 5.74) is -1.18. The molecule has 2 N–H and O–H groups in total. The summed E-state index contributed by atoms with van der Waals surface area (Å²) in [6.07, 6.45) is 4.54. The molecule has 0 aliphatic carbocycles. The summed E-state index contributed by atoms with van der Waals surface area (Å²) < 4.78 is 6.23. The van der Waals surface area contributed by atoms with Gasteiger partial charge in [-0.15, -0.1) is 0 Å². The number of nitrogens with one attached hydrogen (secondary N) is 1. The Balaban J connectivity index is 2.07. The van der Waals surface area contributed by atoms with E-state index >= 15 is 0 Å². The molecule has 1 aliphatic rings. The van der Waals surface area contributed by atoms with E-state index in [-0.39, 0.29) is 5.56 Å². The Morgan fingerprint density at radius 3 is 2.64 bits per heavy atom. The van der Waals surface area contributed by atoms with E-state index < -0.39 is 17.1 Å². The first-order chi connectivity index (χ1) is 12.1. The zero-order valence-corrected chi connectivity index (χ0v) is 13.9. The van der Waals surface area contributed by atoms with Crippen LogP contribution in [-0.2, 0) is 0 Å². The molecular weight excluding hydrogens is 324 g/mol. The zero-order valence-electron chi connectivity index (χ0n) is 13.9. The second-order valence-corrected chi connectivity index (χ2v) is 5.76. The number of aromatic hydroxyl groups is 1. The molecule has 1 aromatic carbocycles. The Kier molecular flexibility index (Phi) is 4.87. The number of hydrazone groups is 1. The molecule has 3 rings (SSSR count). The van der Waals surface area contributed by atoms with Crippen molar-refractivity contribution < 1.29 is 9.84 Å². The summed E-state index contributed by atoms with van der Waals surface area (Å²) >= 11 is 0. The maximum absolute atomic E-state index is 12.2. The molecule has 0 amide bonds. The third-order valence-electron chi connectivity index (χ3n) is 4.13. The van der Waals surface area contributed by atoms with Crippen molar-refractivity contribution in [1.29, 1.82) is 0 Å². The predicted molar refractivity (Wildman–Crippen MR) is 93.9 cm³/mol. The van der Waals surface area contributed by atoms with Crippen molar-refractivity contribution in [2.45, 2.75) is 19.3 Å². The van der Waals surface area contributed by atoms with E-state index in [1.54, 1.807) is 24.3 Å². The largest absolute Gasteiger partial charge is 0.495 e. The number of rotatable bonds is 4. The molecule has 132 valence electrons. The minimum absolute atomic E-state index is 0.0731. The van der Waals surface area contributed by atoms with E-state index in [1.165, 1.54) is 13.3 Å². The minimum atomic E-state index is -0.748. The van der Waals surface area contributed by atoms with Crippen LogP contribution in [0.4, 0.5) is 0 Å². The van der Waals surface area contributed by atoms with Crippen molar-refractivity contribution in [1.82, 2.24) is 14.6 Å². The summed E-state index contributed by atoms with van der Waals surface area (Å²) in [5, 5.41) is 16.6. The average Bonchev–Trinajstić information content (AvgIpc) is 2.62. The molecule has 0 bridgehead atoms. The highest BCUT2D eigenvalue weighted by atomic mass is 16.5. The van der Waals surface area contributed by atoms with Crippen LogP contribution in [0.5, 0.6) is 11.6 Å². The first-order valence-corrected chi connectivity index (χ1v) is 8.12. The molecule has 1 saturated heterocycles. The van der Waals surface area contributed by atoms with Gasteiger partial charge in [0, 0.05) is 13.1 Å². The lowest BCUT2D eigenvalue weighted by molar-refractivity contribution is 0.240. The van der Waals surface area contributed by atoms with E-state index in [0.717, 1.165) is 36.9 Å². The predicted octanol–water partition coefficient (Wildman–Crippen LogP) is 1.06. The SMILES string of the molecule is COc1ccccc1-n1c(O)c(/C=N/N2CCCCC2)c(=O)[nH]c1=O. The van der Waals surface area contributed by atoms with Crippen LogP contribution in [0, 0.1) is 0 Å². The van der Waals surface area contributed by atoms with Crippen molar-refractivity contribution >= 4 is 6.21 Å². The highest BCUT2D eigenvalue weighted by molar-refractivity contribution is 5.82. The summed E-state index contributed by atoms with van der Waals surface area (Å²) in [6.45, 7) is 1.61.